The predicted octanol–water partition coefficient (Wildman–Crippen LogP) is 4.19. The van der Waals surface area contributed by atoms with Crippen molar-refractivity contribution < 1.29 is 18.6 Å². The number of aromatic nitrogens is 5. The summed E-state index contributed by atoms with van der Waals surface area (Å²) in [6.07, 6.45) is 7.85. The number of rotatable bonds is 6. The molecular formula is C26H26F2N6O2. The van der Waals surface area contributed by atoms with Crippen LogP contribution in [0.2, 0.25) is 0 Å². The molecule has 1 unspecified atom stereocenters. The molecule has 0 spiro atoms. The molecule has 0 amide bonds. The third kappa shape index (κ3) is 4.48. The first-order valence-corrected chi connectivity index (χ1v) is 12.2. The van der Waals surface area contributed by atoms with Crippen LogP contribution in [0.3, 0.4) is 0 Å². The summed E-state index contributed by atoms with van der Waals surface area (Å²) in [5.74, 6) is -0.280. The molecule has 1 aliphatic heterocycles. The van der Waals surface area contributed by atoms with Gasteiger partial charge in [0.05, 0.1) is 29.7 Å². The van der Waals surface area contributed by atoms with Gasteiger partial charge < -0.3 is 14.7 Å². The number of benzene rings is 1. The maximum absolute atomic E-state index is 14.1. The van der Waals surface area contributed by atoms with Crippen molar-refractivity contribution in [3.63, 3.8) is 0 Å². The van der Waals surface area contributed by atoms with Crippen molar-refractivity contribution in [1.29, 1.82) is 0 Å². The first kappa shape index (κ1) is 22.8. The van der Waals surface area contributed by atoms with E-state index in [2.05, 4.69) is 15.0 Å². The molecule has 1 atom stereocenters. The molecular weight excluding hydrogens is 466 g/mol. The second kappa shape index (κ2) is 9.09. The number of nitrogens with zero attached hydrogens (tertiary/aromatic N) is 6. The minimum Gasteiger partial charge on any atom is -0.487 e. The minimum atomic E-state index is -0.700. The van der Waals surface area contributed by atoms with Crippen molar-refractivity contribution in [1.82, 2.24) is 24.7 Å². The number of pyridine rings is 1. The Balaban J connectivity index is 1.29. The number of aliphatic hydroxyl groups excluding tert-OH is 1. The highest BCUT2D eigenvalue weighted by Crippen LogP contribution is 2.41. The van der Waals surface area contributed by atoms with Crippen molar-refractivity contribution in [3.05, 3.63) is 60.2 Å². The van der Waals surface area contributed by atoms with E-state index < -0.39 is 17.7 Å². The maximum atomic E-state index is 14.1. The lowest BCUT2D eigenvalue weighted by atomic mass is 10.1. The van der Waals surface area contributed by atoms with Crippen molar-refractivity contribution in [2.75, 3.05) is 18.0 Å². The summed E-state index contributed by atoms with van der Waals surface area (Å²) in [6.45, 7) is 1.26. The number of ether oxygens (including phenoxy) is 1. The van der Waals surface area contributed by atoms with Gasteiger partial charge in [-0.1, -0.05) is 0 Å². The Kier molecular flexibility index (Phi) is 5.75. The first-order valence-electron chi connectivity index (χ1n) is 12.2. The van der Waals surface area contributed by atoms with Crippen LogP contribution in [0.1, 0.15) is 37.5 Å². The number of hydrogen-bond donors (Lipinski definition) is 1. The Labute approximate surface area is 206 Å². The summed E-state index contributed by atoms with van der Waals surface area (Å²) < 4.78 is 34.8. The predicted molar refractivity (Wildman–Crippen MR) is 129 cm³/mol. The van der Waals surface area contributed by atoms with Crippen LogP contribution in [0.15, 0.2) is 42.9 Å². The van der Waals surface area contributed by atoms with Gasteiger partial charge in [0.2, 0.25) is 0 Å². The summed E-state index contributed by atoms with van der Waals surface area (Å²) in [5, 5.41) is 14.9. The molecule has 8 nitrogen and oxygen atoms in total. The van der Waals surface area contributed by atoms with E-state index >= 15 is 0 Å². The lowest BCUT2D eigenvalue weighted by Gasteiger charge is -2.33. The Bertz CT molecular complexity index is 1420. The van der Waals surface area contributed by atoms with E-state index in [-0.39, 0.29) is 17.8 Å². The Morgan fingerprint density at radius 3 is 2.53 bits per heavy atom. The molecule has 10 heteroatoms. The molecule has 6 rings (SSSR count). The Morgan fingerprint density at radius 2 is 1.83 bits per heavy atom. The average Bonchev–Trinajstić information content (AvgIpc) is 3.64. The van der Waals surface area contributed by atoms with Crippen LogP contribution in [-0.4, -0.2) is 49.0 Å². The van der Waals surface area contributed by atoms with Crippen molar-refractivity contribution >= 4 is 16.9 Å². The van der Waals surface area contributed by atoms with E-state index in [9.17, 15) is 13.9 Å². The molecule has 1 saturated carbocycles. The minimum absolute atomic E-state index is 0.0608. The zero-order chi connectivity index (χ0) is 24.8. The van der Waals surface area contributed by atoms with Crippen LogP contribution in [-0.2, 0) is 7.05 Å². The van der Waals surface area contributed by atoms with Gasteiger partial charge in [0.25, 0.3) is 0 Å². The molecule has 2 fully saturated rings. The number of aryl methyl sites for hydroxylation is 1. The molecule has 0 bridgehead atoms. The highest BCUT2D eigenvalue weighted by atomic mass is 19.1. The number of piperidine rings is 1. The highest BCUT2D eigenvalue weighted by Gasteiger charge is 2.32. The summed E-state index contributed by atoms with van der Waals surface area (Å²) in [5.41, 5.74) is 3.49. The zero-order valence-corrected chi connectivity index (χ0v) is 19.8. The molecule has 186 valence electrons. The summed E-state index contributed by atoms with van der Waals surface area (Å²) >= 11 is 0. The number of aliphatic hydroxyl groups is 1. The fraction of sp³-hybridized carbons (Fsp3) is 0.385. The van der Waals surface area contributed by atoms with Gasteiger partial charge in [-0.25, -0.2) is 18.7 Å². The molecule has 1 saturated heterocycles. The van der Waals surface area contributed by atoms with Crippen LogP contribution in [0.4, 0.5) is 14.6 Å². The highest BCUT2D eigenvalue weighted by molar-refractivity contribution is 5.83. The van der Waals surface area contributed by atoms with E-state index in [1.54, 1.807) is 17.1 Å². The lowest BCUT2D eigenvalue weighted by Crippen LogP contribution is -2.39. The third-order valence-electron chi connectivity index (χ3n) is 6.83. The molecule has 3 aromatic heterocycles. The van der Waals surface area contributed by atoms with E-state index in [1.807, 2.05) is 19.3 Å². The van der Waals surface area contributed by atoms with Gasteiger partial charge in [0.15, 0.2) is 17.4 Å². The average molecular weight is 493 g/mol. The molecule has 4 heterocycles. The number of fused-ring (bicyclic) bond motifs is 1. The maximum Gasteiger partial charge on any atom is 0.167 e. The third-order valence-corrected chi connectivity index (χ3v) is 6.83. The van der Waals surface area contributed by atoms with Crippen LogP contribution >= 0.6 is 0 Å². The Morgan fingerprint density at radius 1 is 1.03 bits per heavy atom. The zero-order valence-electron chi connectivity index (χ0n) is 19.8. The molecule has 4 aromatic rings. The van der Waals surface area contributed by atoms with Crippen molar-refractivity contribution in [2.45, 2.75) is 37.9 Å². The van der Waals surface area contributed by atoms with Gasteiger partial charge in [-0.15, -0.1) is 0 Å². The summed E-state index contributed by atoms with van der Waals surface area (Å²) in [4.78, 5) is 16.5. The SMILES string of the molecule is Cn1cc(-c2nc3cnc(C(O)C4CC4)cc3nc2N2CCC(Oc3ccc(F)cc3F)CC2)cn1. The van der Waals surface area contributed by atoms with Gasteiger partial charge in [-0.05, 0) is 37.0 Å². The Hall–Kier alpha value is -3.66. The monoisotopic (exact) mass is 492 g/mol. The molecule has 1 aliphatic carbocycles. The topological polar surface area (TPSA) is 89.2 Å². The number of halogens is 2. The van der Waals surface area contributed by atoms with E-state index in [0.717, 1.165) is 30.3 Å². The molecule has 36 heavy (non-hydrogen) atoms. The van der Waals surface area contributed by atoms with E-state index in [4.69, 9.17) is 14.7 Å². The summed E-state index contributed by atoms with van der Waals surface area (Å²) in [7, 11) is 1.85. The molecule has 1 N–H and O–H groups in total. The molecule has 0 radical (unpaired) electrons. The lowest BCUT2D eigenvalue weighted by molar-refractivity contribution is 0.149. The normalized spacial score (nSPS) is 17.5. The fourth-order valence-corrected chi connectivity index (χ4v) is 4.67. The standard InChI is InChI=1S/C26H26F2N6O2/c1-33-14-16(12-30-33)24-26(32-20-11-21(25(35)15-2-3-15)29-13-22(20)31-24)34-8-6-18(7-9-34)36-23-5-4-17(27)10-19(23)28/h4-5,10-15,18,25,35H,2-3,6-9H2,1H3. The second-order valence-corrected chi connectivity index (χ2v) is 9.56. The quantitative estimate of drug-likeness (QED) is 0.432. The van der Waals surface area contributed by atoms with Gasteiger partial charge >= 0.3 is 0 Å². The molecule has 1 aromatic carbocycles. The van der Waals surface area contributed by atoms with Crippen LogP contribution in [0.5, 0.6) is 5.75 Å². The van der Waals surface area contributed by atoms with E-state index in [0.29, 0.717) is 48.4 Å². The smallest absolute Gasteiger partial charge is 0.167 e. The van der Waals surface area contributed by atoms with Crippen LogP contribution < -0.4 is 9.64 Å². The first-order chi connectivity index (χ1) is 17.4. The molecule has 2 aliphatic rings. The van der Waals surface area contributed by atoms with Crippen molar-refractivity contribution in [2.24, 2.45) is 13.0 Å². The van der Waals surface area contributed by atoms with Gasteiger partial charge in [-0.3, -0.25) is 9.67 Å². The van der Waals surface area contributed by atoms with Crippen molar-refractivity contribution in [3.8, 4) is 17.0 Å². The van der Waals surface area contributed by atoms with Gasteiger partial charge in [0, 0.05) is 50.8 Å². The summed E-state index contributed by atoms with van der Waals surface area (Å²) in [6, 6.07) is 5.18. The second-order valence-electron chi connectivity index (χ2n) is 9.56. The van der Waals surface area contributed by atoms with Gasteiger partial charge in [0.1, 0.15) is 23.1 Å². The number of hydrogen-bond acceptors (Lipinski definition) is 7. The van der Waals surface area contributed by atoms with E-state index in [1.165, 1.54) is 12.1 Å². The van der Waals surface area contributed by atoms with Crippen LogP contribution in [0, 0.1) is 17.6 Å². The van der Waals surface area contributed by atoms with Crippen LogP contribution in [0.25, 0.3) is 22.3 Å². The number of anilines is 1. The fourth-order valence-electron chi connectivity index (χ4n) is 4.67. The van der Waals surface area contributed by atoms with Gasteiger partial charge in [-0.2, -0.15) is 5.10 Å². The largest absolute Gasteiger partial charge is 0.487 e.